The molecule has 5 nitrogen and oxygen atoms in total. The Kier molecular flexibility index (Phi) is 14.1. The van der Waals surface area contributed by atoms with Crippen LogP contribution in [0.2, 0.25) is 0 Å². The summed E-state index contributed by atoms with van der Waals surface area (Å²) in [4.78, 5) is 23.2. The highest BCUT2D eigenvalue weighted by Crippen LogP contribution is 2.20. The molecule has 0 rings (SSSR count). The third-order valence-electron chi connectivity index (χ3n) is 4.41. The summed E-state index contributed by atoms with van der Waals surface area (Å²) in [7, 11) is 0. The van der Waals surface area contributed by atoms with E-state index in [2.05, 4.69) is 13.8 Å². The van der Waals surface area contributed by atoms with Gasteiger partial charge in [-0.05, 0) is 12.8 Å². The molecule has 0 aliphatic rings. The van der Waals surface area contributed by atoms with Gasteiger partial charge in [-0.2, -0.15) is 0 Å². The first kappa shape index (κ1) is 23.6. The van der Waals surface area contributed by atoms with E-state index in [0.29, 0.717) is 19.3 Å². The smallest absolute Gasteiger partial charge is 0.316 e. The number of carbonyl (C=O) groups excluding carboxylic acids is 1. The van der Waals surface area contributed by atoms with Gasteiger partial charge in [0, 0.05) is 12.5 Å². The molecule has 0 saturated carbocycles. The molecule has 5 heteroatoms. The summed E-state index contributed by atoms with van der Waals surface area (Å²) < 4.78 is 0. The van der Waals surface area contributed by atoms with Crippen LogP contribution in [0.3, 0.4) is 0 Å². The van der Waals surface area contributed by atoms with E-state index in [-0.39, 0.29) is 5.78 Å². The van der Waals surface area contributed by atoms with Gasteiger partial charge in [0.15, 0.2) is 5.78 Å². The SMILES string of the molecule is CCCCCCCC(=O)C=C(O)C(C(=O)O)C(O)CCCCCCC. The van der Waals surface area contributed by atoms with E-state index in [1.165, 1.54) is 0 Å². The number of rotatable bonds is 16. The number of unbranched alkanes of at least 4 members (excludes halogenated alkanes) is 8. The minimum Gasteiger partial charge on any atom is -0.511 e. The largest absolute Gasteiger partial charge is 0.511 e. The van der Waals surface area contributed by atoms with Gasteiger partial charge in [-0.25, -0.2) is 0 Å². The van der Waals surface area contributed by atoms with Crippen molar-refractivity contribution in [3.63, 3.8) is 0 Å². The fourth-order valence-corrected chi connectivity index (χ4v) is 2.84. The molecule has 0 amide bonds. The third kappa shape index (κ3) is 11.8. The van der Waals surface area contributed by atoms with Gasteiger partial charge >= 0.3 is 5.97 Å². The van der Waals surface area contributed by atoms with E-state index < -0.39 is 23.8 Å². The molecule has 0 bridgehead atoms. The Bertz CT molecular complexity index is 403. The molecule has 0 fully saturated rings. The van der Waals surface area contributed by atoms with E-state index in [0.717, 1.165) is 63.9 Å². The van der Waals surface area contributed by atoms with Crippen molar-refractivity contribution in [1.29, 1.82) is 0 Å². The minimum absolute atomic E-state index is 0.282. The van der Waals surface area contributed by atoms with Crippen molar-refractivity contribution in [2.75, 3.05) is 0 Å². The number of aliphatic hydroxyl groups is 2. The summed E-state index contributed by atoms with van der Waals surface area (Å²) in [6, 6.07) is 0. The maximum atomic E-state index is 11.9. The number of carbonyl (C=O) groups is 2. The van der Waals surface area contributed by atoms with Gasteiger partial charge in [-0.1, -0.05) is 71.6 Å². The lowest BCUT2D eigenvalue weighted by atomic mass is 9.94. The molecule has 0 heterocycles. The Morgan fingerprint density at radius 3 is 1.88 bits per heavy atom. The zero-order valence-electron chi connectivity index (χ0n) is 15.9. The van der Waals surface area contributed by atoms with Crippen molar-refractivity contribution in [3.8, 4) is 0 Å². The molecule has 2 unspecified atom stereocenters. The highest BCUT2D eigenvalue weighted by atomic mass is 16.4. The van der Waals surface area contributed by atoms with Crippen molar-refractivity contribution in [2.24, 2.45) is 5.92 Å². The van der Waals surface area contributed by atoms with Gasteiger partial charge in [0.05, 0.1) is 6.10 Å². The summed E-state index contributed by atoms with van der Waals surface area (Å²) in [6.45, 7) is 4.23. The highest BCUT2D eigenvalue weighted by molar-refractivity contribution is 5.91. The van der Waals surface area contributed by atoms with Crippen LogP contribution in [-0.2, 0) is 9.59 Å². The average Bonchev–Trinajstić information content (AvgIpc) is 2.54. The molecule has 0 aromatic heterocycles. The predicted molar refractivity (Wildman–Crippen MR) is 99.6 cm³/mol. The van der Waals surface area contributed by atoms with E-state index in [1.54, 1.807) is 0 Å². The van der Waals surface area contributed by atoms with Gasteiger partial charge in [0.25, 0.3) is 0 Å². The first-order valence-corrected chi connectivity index (χ1v) is 9.78. The van der Waals surface area contributed by atoms with E-state index >= 15 is 0 Å². The lowest BCUT2D eigenvalue weighted by Crippen LogP contribution is -2.30. The zero-order chi connectivity index (χ0) is 19.1. The van der Waals surface area contributed by atoms with Crippen molar-refractivity contribution >= 4 is 11.8 Å². The number of aliphatic carboxylic acids is 1. The van der Waals surface area contributed by atoms with Crippen molar-refractivity contribution in [2.45, 2.75) is 97.0 Å². The van der Waals surface area contributed by atoms with Gasteiger partial charge in [-0.3, -0.25) is 9.59 Å². The Labute approximate surface area is 152 Å². The Hall–Kier alpha value is -1.36. The number of carboxylic acids is 1. The number of hydrogen-bond donors (Lipinski definition) is 3. The van der Waals surface area contributed by atoms with Crippen LogP contribution in [0.25, 0.3) is 0 Å². The Morgan fingerprint density at radius 2 is 1.36 bits per heavy atom. The summed E-state index contributed by atoms with van der Waals surface area (Å²) in [5.41, 5.74) is 0. The summed E-state index contributed by atoms with van der Waals surface area (Å²) >= 11 is 0. The van der Waals surface area contributed by atoms with E-state index in [9.17, 15) is 24.9 Å². The molecule has 0 aromatic carbocycles. The summed E-state index contributed by atoms with van der Waals surface area (Å²) in [5, 5.41) is 29.4. The van der Waals surface area contributed by atoms with Crippen LogP contribution in [0, 0.1) is 5.92 Å². The van der Waals surface area contributed by atoms with E-state index in [1.807, 2.05) is 0 Å². The Morgan fingerprint density at radius 1 is 0.840 bits per heavy atom. The second-order valence-corrected chi connectivity index (χ2v) is 6.79. The highest BCUT2D eigenvalue weighted by Gasteiger charge is 2.30. The molecule has 0 saturated heterocycles. The molecule has 0 aliphatic heterocycles. The van der Waals surface area contributed by atoms with Crippen LogP contribution < -0.4 is 0 Å². The molecule has 0 radical (unpaired) electrons. The lowest BCUT2D eigenvalue weighted by molar-refractivity contribution is -0.145. The molecule has 146 valence electrons. The van der Waals surface area contributed by atoms with Gasteiger partial charge in [0.2, 0.25) is 0 Å². The van der Waals surface area contributed by atoms with Crippen LogP contribution in [-0.4, -0.2) is 33.2 Å². The molecular weight excluding hydrogens is 320 g/mol. The summed E-state index contributed by atoms with van der Waals surface area (Å²) in [6.07, 6.45) is 10.4. The second kappa shape index (κ2) is 14.9. The number of ketones is 1. The topological polar surface area (TPSA) is 94.8 Å². The first-order chi connectivity index (χ1) is 11.9. The molecule has 0 aromatic rings. The van der Waals surface area contributed by atoms with Gasteiger partial charge in [-0.15, -0.1) is 0 Å². The zero-order valence-corrected chi connectivity index (χ0v) is 15.9. The lowest BCUT2D eigenvalue weighted by Gasteiger charge is -2.18. The van der Waals surface area contributed by atoms with Crippen molar-refractivity contribution < 1.29 is 24.9 Å². The normalized spacial score (nSPS) is 14.3. The Balaban J connectivity index is 4.42. The van der Waals surface area contributed by atoms with Crippen molar-refractivity contribution in [3.05, 3.63) is 11.8 Å². The maximum Gasteiger partial charge on any atom is 0.316 e. The van der Waals surface area contributed by atoms with Crippen LogP contribution >= 0.6 is 0 Å². The molecular formula is C20H36O5. The fraction of sp³-hybridized carbons (Fsp3) is 0.800. The van der Waals surface area contributed by atoms with E-state index in [4.69, 9.17) is 0 Å². The van der Waals surface area contributed by atoms with Crippen molar-refractivity contribution in [1.82, 2.24) is 0 Å². The van der Waals surface area contributed by atoms with Crippen LogP contribution in [0.1, 0.15) is 90.9 Å². The monoisotopic (exact) mass is 356 g/mol. The standard InChI is InChI=1S/C20H36O5/c1-3-5-7-9-11-13-16(21)15-18(23)19(20(24)25)17(22)14-12-10-8-6-4-2/h15,17,19,22-23H,3-14H2,1-2H3,(H,24,25). The maximum absolute atomic E-state index is 11.9. The third-order valence-corrected chi connectivity index (χ3v) is 4.41. The van der Waals surface area contributed by atoms with Gasteiger partial charge in [0.1, 0.15) is 11.7 Å². The van der Waals surface area contributed by atoms with Gasteiger partial charge < -0.3 is 15.3 Å². The number of carboxylic acid groups (broad SMARTS) is 1. The average molecular weight is 357 g/mol. The molecule has 0 spiro atoms. The minimum atomic E-state index is -1.42. The quantitative estimate of drug-likeness (QED) is 0.210. The second-order valence-electron chi connectivity index (χ2n) is 6.79. The van der Waals surface area contributed by atoms with Crippen LogP contribution in [0.4, 0.5) is 0 Å². The number of hydrogen-bond acceptors (Lipinski definition) is 4. The number of allylic oxidation sites excluding steroid dienone is 1. The molecule has 0 aliphatic carbocycles. The molecule has 2 atom stereocenters. The number of aliphatic hydroxyl groups excluding tert-OH is 2. The predicted octanol–water partition coefficient (Wildman–Crippen LogP) is 4.78. The summed E-state index contributed by atoms with van der Waals surface area (Å²) in [5.74, 6) is -3.54. The van der Waals surface area contributed by atoms with Crippen LogP contribution in [0.5, 0.6) is 0 Å². The first-order valence-electron chi connectivity index (χ1n) is 9.78. The van der Waals surface area contributed by atoms with Crippen LogP contribution in [0.15, 0.2) is 11.8 Å². The molecule has 3 N–H and O–H groups in total. The fourth-order valence-electron chi connectivity index (χ4n) is 2.84. The molecule has 25 heavy (non-hydrogen) atoms.